The van der Waals surface area contributed by atoms with Crippen LogP contribution in [0.25, 0.3) is 0 Å². The number of hydrogen-bond acceptors (Lipinski definition) is 3. The van der Waals surface area contributed by atoms with Gasteiger partial charge in [0.25, 0.3) is 0 Å². The average molecular weight is 145 g/mol. The van der Waals surface area contributed by atoms with Crippen molar-refractivity contribution in [1.82, 2.24) is 0 Å². The first-order valence-corrected chi connectivity index (χ1v) is 2.84. The predicted octanol–water partition coefficient (Wildman–Crippen LogP) is 0.0171. The number of ether oxygens (including phenoxy) is 1. The SMILES string of the molecule is C=CC(O)C(C)OC(N)=O. The minimum Gasteiger partial charge on any atom is -0.444 e. The summed E-state index contributed by atoms with van der Waals surface area (Å²) in [5, 5.41) is 8.92. The number of aliphatic hydroxyl groups excluding tert-OH is 1. The van der Waals surface area contributed by atoms with E-state index in [2.05, 4.69) is 17.0 Å². The summed E-state index contributed by atoms with van der Waals surface area (Å²) in [5.74, 6) is 0. The molecule has 0 bridgehead atoms. The molecule has 0 aromatic rings. The first-order chi connectivity index (χ1) is 4.57. The van der Waals surface area contributed by atoms with Crippen LogP contribution in [0.4, 0.5) is 4.79 Å². The molecule has 0 aliphatic heterocycles. The molecule has 0 fully saturated rings. The molecule has 2 atom stereocenters. The second-order valence-electron chi connectivity index (χ2n) is 1.87. The van der Waals surface area contributed by atoms with E-state index < -0.39 is 18.3 Å². The van der Waals surface area contributed by atoms with Crippen molar-refractivity contribution in [3.05, 3.63) is 12.7 Å². The van der Waals surface area contributed by atoms with Gasteiger partial charge in [0, 0.05) is 0 Å². The van der Waals surface area contributed by atoms with Crippen LogP contribution in [0.3, 0.4) is 0 Å². The van der Waals surface area contributed by atoms with Gasteiger partial charge in [-0.3, -0.25) is 0 Å². The Labute approximate surface area is 59.3 Å². The maximum Gasteiger partial charge on any atom is 0.404 e. The molecule has 0 aromatic heterocycles. The molecule has 58 valence electrons. The van der Waals surface area contributed by atoms with Gasteiger partial charge in [0.05, 0.1) is 0 Å². The summed E-state index contributed by atoms with van der Waals surface area (Å²) in [6.07, 6.45) is -1.11. The Hall–Kier alpha value is -1.03. The standard InChI is InChI=1S/C6H11NO3/c1-3-5(8)4(2)10-6(7)9/h3-5,8H,1H2,2H3,(H2,7,9). The second kappa shape index (κ2) is 3.90. The number of nitrogens with two attached hydrogens (primary N) is 1. The molecule has 0 aliphatic carbocycles. The molecule has 4 nitrogen and oxygen atoms in total. The third kappa shape index (κ3) is 3.09. The average Bonchev–Trinajstić information content (AvgIpc) is 1.85. The molecule has 3 N–H and O–H groups in total. The molecule has 0 radical (unpaired) electrons. The zero-order valence-electron chi connectivity index (χ0n) is 5.78. The largest absolute Gasteiger partial charge is 0.444 e. The fraction of sp³-hybridized carbons (Fsp3) is 0.500. The first kappa shape index (κ1) is 8.97. The van der Waals surface area contributed by atoms with E-state index in [0.29, 0.717) is 0 Å². The van der Waals surface area contributed by atoms with Crippen LogP contribution in [-0.4, -0.2) is 23.4 Å². The number of aliphatic hydroxyl groups is 1. The zero-order valence-corrected chi connectivity index (χ0v) is 5.78. The molecule has 0 aliphatic rings. The van der Waals surface area contributed by atoms with Gasteiger partial charge in [-0.05, 0) is 6.92 Å². The van der Waals surface area contributed by atoms with Crippen LogP contribution in [0.1, 0.15) is 6.92 Å². The van der Waals surface area contributed by atoms with E-state index in [1.807, 2.05) is 0 Å². The third-order valence-corrected chi connectivity index (χ3v) is 1.02. The van der Waals surface area contributed by atoms with Gasteiger partial charge in [-0.2, -0.15) is 0 Å². The molecule has 1 amide bonds. The molecular weight excluding hydrogens is 134 g/mol. The van der Waals surface area contributed by atoms with Gasteiger partial charge in [-0.25, -0.2) is 4.79 Å². The topological polar surface area (TPSA) is 72.6 Å². The lowest BCUT2D eigenvalue weighted by atomic mass is 10.2. The zero-order chi connectivity index (χ0) is 8.15. The number of rotatable bonds is 3. The number of hydrogen-bond donors (Lipinski definition) is 2. The van der Waals surface area contributed by atoms with Crippen molar-refractivity contribution >= 4 is 6.09 Å². The molecule has 0 saturated carbocycles. The Balaban J connectivity index is 3.71. The van der Waals surface area contributed by atoms with Crippen LogP contribution >= 0.6 is 0 Å². The Kier molecular flexibility index (Phi) is 3.49. The van der Waals surface area contributed by atoms with Crippen molar-refractivity contribution in [2.24, 2.45) is 5.73 Å². The van der Waals surface area contributed by atoms with Crippen molar-refractivity contribution in [2.45, 2.75) is 19.1 Å². The minimum absolute atomic E-state index is 0.630. The summed E-state index contributed by atoms with van der Waals surface area (Å²) in [7, 11) is 0. The smallest absolute Gasteiger partial charge is 0.404 e. The van der Waals surface area contributed by atoms with Crippen LogP contribution < -0.4 is 5.73 Å². The number of amides is 1. The summed E-state index contributed by atoms with van der Waals surface area (Å²) in [4.78, 5) is 10.1. The quantitative estimate of drug-likeness (QED) is 0.550. The Morgan fingerprint density at radius 2 is 2.40 bits per heavy atom. The molecule has 0 saturated heterocycles. The van der Waals surface area contributed by atoms with Crippen LogP contribution in [-0.2, 0) is 4.74 Å². The minimum atomic E-state index is -0.895. The van der Waals surface area contributed by atoms with Gasteiger partial charge < -0.3 is 15.6 Å². The molecule has 0 spiro atoms. The second-order valence-corrected chi connectivity index (χ2v) is 1.87. The van der Waals surface area contributed by atoms with Crippen molar-refractivity contribution in [2.75, 3.05) is 0 Å². The maximum absolute atomic E-state index is 10.1. The predicted molar refractivity (Wildman–Crippen MR) is 36.3 cm³/mol. The lowest BCUT2D eigenvalue weighted by molar-refractivity contribution is 0.0408. The fourth-order valence-corrected chi connectivity index (χ4v) is 0.445. The van der Waals surface area contributed by atoms with E-state index in [4.69, 9.17) is 5.11 Å². The maximum atomic E-state index is 10.1. The van der Waals surface area contributed by atoms with Gasteiger partial charge >= 0.3 is 6.09 Å². The van der Waals surface area contributed by atoms with E-state index in [-0.39, 0.29) is 0 Å². The summed E-state index contributed by atoms with van der Waals surface area (Å²) in [5.41, 5.74) is 4.68. The van der Waals surface area contributed by atoms with E-state index in [0.717, 1.165) is 0 Å². The van der Waals surface area contributed by atoms with Crippen LogP contribution in [0.15, 0.2) is 12.7 Å². The number of carbonyl (C=O) groups excluding carboxylic acids is 1. The summed E-state index contributed by atoms with van der Waals surface area (Å²) in [6.45, 7) is 4.83. The third-order valence-electron chi connectivity index (χ3n) is 1.02. The molecule has 4 heteroatoms. The molecule has 0 rings (SSSR count). The van der Waals surface area contributed by atoms with E-state index >= 15 is 0 Å². The highest BCUT2D eigenvalue weighted by atomic mass is 16.6. The van der Waals surface area contributed by atoms with Crippen LogP contribution in [0, 0.1) is 0 Å². The van der Waals surface area contributed by atoms with E-state index in [9.17, 15) is 4.79 Å². The first-order valence-electron chi connectivity index (χ1n) is 2.84. The normalized spacial score (nSPS) is 15.4. The van der Waals surface area contributed by atoms with E-state index in [1.165, 1.54) is 13.0 Å². The number of carbonyl (C=O) groups is 1. The van der Waals surface area contributed by atoms with Gasteiger partial charge in [0.2, 0.25) is 0 Å². The van der Waals surface area contributed by atoms with Gasteiger partial charge in [-0.1, -0.05) is 6.08 Å². The summed E-state index contributed by atoms with van der Waals surface area (Å²) >= 11 is 0. The van der Waals surface area contributed by atoms with Crippen LogP contribution in [0.2, 0.25) is 0 Å². The van der Waals surface area contributed by atoms with Crippen molar-refractivity contribution in [3.8, 4) is 0 Å². The lowest BCUT2D eigenvalue weighted by Crippen LogP contribution is -2.29. The van der Waals surface area contributed by atoms with Crippen molar-refractivity contribution < 1.29 is 14.6 Å². The Bertz CT molecular complexity index is 135. The molecule has 0 heterocycles. The highest BCUT2D eigenvalue weighted by Gasteiger charge is 2.12. The fourth-order valence-electron chi connectivity index (χ4n) is 0.445. The van der Waals surface area contributed by atoms with Gasteiger partial charge in [0.15, 0.2) is 0 Å². The Morgan fingerprint density at radius 3 is 2.70 bits per heavy atom. The lowest BCUT2D eigenvalue weighted by Gasteiger charge is -2.13. The van der Waals surface area contributed by atoms with Crippen LogP contribution in [0.5, 0.6) is 0 Å². The Morgan fingerprint density at radius 1 is 1.90 bits per heavy atom. The summed E-state index contributed by atoms with van der Waals surface area (Å²) < 4.78 is 4.42. The van der Waals surface area contributed by atoms with Crippen molar-refractivity contribution in [3.63, 3.8) is 0 Å². The van der Waals surface area contributed by atoms with Gasteiger partial charge in [0.1, 0.15) is 12.2 Å². The highest BCUT2D eigenvalue weighted by Crippen LogP contribution is 1.98. The molecule has 10 heavy (non-hydrogen) atoms. The van der Waals surface area contributed by atoms with E-state index in [1.54, 1.807) is 0 Å². The molecule has 2 unspecified atom stereocenters. The van der Waals surface area contributed by atoms with Gasteiger partial charge in [-0.15, -0.1) is 6.58 Å². The van der Waals surface area contributed by atoms with Crippen molar-refractivity contribution in [1.29, 1.82) is 0 Å². The highest BCUT2D eigenvalue weighted by molar-refractivity contribution is 5.64. The monoisotopic (exact) mass is 145 g/mol. The number of primary amides is 1. The summed E-state index contributed by atoms with van der Waals surface area (Å²) in [6, 6.07) is 0. The molecule has 0 aromatic carbocycles. The molecular formula is C6H11NO3.